The van der Waals surface area contributed by atoms with Crippen molar-refractivity contribution in [3.8, 4) is 5.75 Å². The summed E-state index contributed by atoms with van der Waals surface area (Å²) in [5, 5.41) is 14.7. The quantitative estimate of drug-likeness (QED) is 0.453. The van der Waals surface area contributed by atoms with Crippen LogP contribution < -0.4 is 10.2 Å². The van der Waals surface area contributed by atoms with Crippen LogP contribution >= 0.6 is 0 Å². The molecule has 0 saturated carbocycles. The van der Waals surface area contributed by atoms with Crippen molar-refractivity contribution < 1.29 is 14.5 Å². The van der Waals surface area contributed by atoms with E-state index in [0.29, 0.717) is 18.4 Å². The smallest absolute Gasteiger partial charge is 0.278 e. The van der Waals surface area contributed by atoms with Crippen LogP contribution in [0.2, 0.25) is 0 Å². The predicted octanol–water partition coefficient (Wildman–Crippen LogP) is 3.08. The van der Waals surface area contributed by atoms with Gasteiger partial charge in [-0.15, -0.1) is 0 Å². The Morgan fingerprint density at radius 1 is 1.24 bits per heavy atom. The number of nitrogens with one attached hydrogen (secondary N) is 1. The molecule has 0 saturated heterocycles. The zero-order valence-electron chi connectivity index (χ0n) is 13.8. The molecule has 2 aromatic carbocycles. The van der Waals surface area contributed by atoms with E-state index in [4.69, 9.17) is 4.74 Å². The minimum atomic E-state index is -0.488. The molecule has 2 rings (SSSR count). The number of amides is 1. The predicted molar refractivity (Wildman–Crippen MR) is 94.8 cm³/mol. The first-order valence-corrected chi connectivity index (χ1v) is 7.78. The molecule has 0 bridgehead atoms. The molecule has 130 valence electrons. The maximum absolute atomic E-state index is 11.8. The first-order valence-electron chi connectivity index (χ1n) is 7.78. The zero-order chi connectivity index (χ0) is 18.1. The first kappa shape index (κ1) is 18.1. The van der Waals surface area contributed by atoms with Crippen LogP contribution in [0.3, 0.4) is 0 Å². The number of aryl methyl sites for hydroxylation is 1. The van der Waals surface area contributed by atoms with Crippen LogP contribution in [0, 0.1) is 10.1 Å². The van der Waals surface area contributed by atoms with E-state index >= 15 is 0 Å². The fourth-order valence-corrected chi connectivity index (χ4v) is 2.24. The van der Waals surface area contributed by atoms with Crippen molar-refractivity contribution in [3.05, 3.63) is 69.8 Å². The highest BCUT2D eigenvalue weighted by atomic mass is 16.6. The molecule has 0 fully saturated rings. The number of hydrazone groups is 1. The molecule has 7 nitrogen and oxygen atoms in total. The Labute approximate surface area is 145 Å². The number of benzene rings is 2. The SMILES string of the molecule is COc1ccc(CCCC(=O)N/N=C\c2ccccc2[N+](=O)[O-])cc1. The van der Waals surface area contributed by atoms with Crippen molar-refractivity contribution in [2.75, 3.05) is 7.11 Å². The number of nitro benzene ring substituents is 1. The second-order valence-corrected chi connectivity index (χ2v) is 5.31. The summed E-state index contributed by atoms with van der Waals surface area (Å²) in [5.74, 6) is 0.564. The topological polar surface area (TPSA) is 93.8 Å². The summed E-state index contributed by atoms with van der Waals surface area (Å²) in [6.07, 6.45) is 3.05. The summed E-state index contributed by atoms with van der Waals surface area (Å²) in [6.45, 7) is 0. The Hall–Kier alpha value is -3.22. The van der Waals surface area contributed by atoms with Gasteiger partial charge in [0.15, 0.2) is 0 Å². The van der Waals surface area contributed by atoms with E-state index in [1.807, 2.05) is 24.3 Å². The number of nitro groups is 1. The Kier molecular flexibility index (Phi) is 6.65. The highest BCUT2D eigenvalue weighted by molar-refractivity contribution is 5.86. The van der Waals surface area contributed by atoms with E-state index < -0.39 is 4.92 Å². The molecule has 0 aliphatic rings. The van der Waals surface area contributed by atoms with Crippen molar-refractivity contribution in [2.24, 2.45) is 5.10 Å². The lowest BCUT2D eigenvalue weighted by atomic mass is 10.1. The van der Waals surface area contributed by atoms with Gasteiger partial charge in [-0.3, -0.25) is 14.9 Å². The van der Waals surface area contributed by atoms with Gasteiger partial charge >= 0.3 is 0 Å². The Balaban J connectivity index is 1.78. The lowest BCUT2D eigenvalue weighted by molar-refractivity contribution is -0.385. The van der Waals surface area contributed by atoms with Gasteiger partial charge in [-0.05, 0) is 36.6 Å². The number of nitrogens with zero attached hydrogens (tertiary/aromatic N) is 2. The Morgan fingerprint density at radius 2 is 1.96 bits per heavy atom. The van der Waals surface area contributed by atoms with Crippen LogP contribution in [0.4, 0.5) is 5.69 Å². The monoisotopic (exact) mass is 341 g/mol. The average Bonchev–Trinajstić information content (AvgIpc) is 2.62. The maximum atomic E-state index is 11.8. The molecular weight excluding hydrogens is 322 g/mol. The van der Waals surface area contributed by atoms with Gasteiger partial charge in [0.1, 0.15) is 5.75 Å². The third kappa shape index (κ3) is 5.72. The molecule has 25 heavy (non-hydrogen) atoms. The van der Waals surface area contributed by atoms with Crippen molar-refractivity contribution in [1.29, 1.82) is 0 Å². The fourth-order valence-electron chi connectivity index (χ4n) is 2.24. The molecule has 0 aromatic heterocycles. The highest BCUT2D eigenvalue weighted by Crippen LogP contribution is 2.15. The molecular formula is C18H19N3O4. The lowest BCUT2D eigenvalue weighted by Crippen LogP contribution is -2.17. The molecule has 0 spiro atoms. The number of hydrogen-bond donors (Lipinski definition) is 1. The summed E-state index contributed by atoms with van der Waals surface area (Å²) in [4.78, 5) is 22.2. The second kappa shape index (κ2) is 9.17. The number of ether oxygens (including phenoxy) is 1. The van der Waals surface area contributed by atoms with Gasteiger partial charge in [0, 0.05) is 12.5 Å². The average molecular weight is 341 g/mol. The third-order valence-electron chi connectivity index (χ3n) is 3.55. The van der Waals surface area contributed by atoms with E-state index in [-0.39, 0.29) is 11.6 Å². The molecule has 0 atom stereocenters. The molecule has 7 heteroatoms. The van der Waals surface area contributed by atoms with Crippen molar-refractivity contribution in [1.82, 2.24) is 5.43 Å². The zero-order valence-corrected chi connectivity index (χ0v) is 13.8. The number of carbonyl (C=O) groups is 1. The molecule has 2 aromatic rings. The van der Waals surface area contributed by atoms with E-state index in [1.165, 1.54) is 12.3 Å². The third-order valence-corrected chi connectivity index (χ3v) is 3.55. The van der Waals surface area contributed by atoms with E-state index in [1.54, 1.807) is 25.3 Å². The number of methoxy groups -OCH3 is 1. The summed E-state index contributed by atoms with van der Waals surface area (Å²) in [6, 6.07) is 13.9. The van der Waals surface area contributed by atoms with Crippen LogP contribution in [-0.4, -0.2) is 24.2 Å². The van der Waals surface area contributed by atoms with Gasteiger partial charge in [-0.2, -0.15) is 5.10 Å². The van der Waals surface area contributed by atoms with Crippen LogP contribution in [0.5, 0.6) is 5.75 Å². The number of carbonyl (C=O) groups excluding carboxylic acids is 1. The summed E-state index contributed by atoms with van der Waals surface area (Å²) >= 11 is 0. The Bertz CT molecular complexity index is 757. The van der Waals surface area contributed by atoms with Gasteiger partial charge in [-0.25, -0.2) is 5.43 Å². The minimum Gasteiger partial charge on any atom is -0.497 e. The molecule has 0 unspecified atom stereocenters. The normalized spacial score (nSPS) is 10.6. The molecule has 1 N–H and O–H groups in total. The summed E-state index contributed by atoms with van der Waals surface area (Å²) in [5.41, 5.74) is 3.80. The number of hydrogen-bond acceptors (Lipinski definition) is 5. The van der Waals surface area contributed by atoms with Gasteiger partial charge in [-0.1, -0.05) is 24.3 Å². The van der Waals surface area contributed by atoms with Crippen molar-refractivity contribution >= 4 is 17.8 Å². The fraction of sp³-hybridized carbons (Fsp3) is 0.222. The van der Waals surface area contributed by atoms with Crippen LogP contribution in [-0.2, 0) is 11.2 Å². The minimum absolute atomic E-state index is 0.0556. The first-order chi connectivity index (χ1) is 12.1. The van der Waals surface area contributed by atoms with Crippen LogP contribution in [0.1, 0.15) is 24.0 Å². The van der Waals surface area contributed by atoms with Gasteiger partial charge < -0.3 is 4.74 Å². The summed E-state index contributed by atoms with van der Waals surface area (Å²) < 4.78 is 5.09. The molecule has 0 heterocycles. The maximum Gasteiger partial charge on any atom is 0.278 e. The van der Waals surface area contributed by atoms with E-state index in [0.717, 1.165) is 17.7 Å². The molecule has 1 amide bonds. The standard InChI is InChI=1S/C18H19N3O4/c1-25-16-11-9-14(10-12-16)5-4-8-18(22)20-19-13-15-6-2-3-7-17(15)21(23)24/h2-3,6-7,9-13H,4-5,8H2,1H3,(H,20,22)/b19-13-. The van der Waals surface area contributed by atoms with Gasteiger partial charge in [0.05, 0.1) is 23.8 Å². The Morgan fingerprint density at radius 3 is 2.64 bits per heavy atom. The van der Waals surface area contributed by atoms with E-state index in [9.17, 15) is 14.9 Å². The second-order valence-electron chi connectivity index (χ2n) is 5.31. The highest BCUT2D eigenvalue weighted by Gasteiger charge is 2.10. The molecule has 0 radical (unpaired) electrons. The number of rotatable bonds is 8. The van der Waals surface area contributed by atoms with Crippen molar-refractivity contribution in [3.63, 3.8) is 0 Å². The van der Waals surface area contributed by atoms with Crippen molar-refractivity contribution in [2.45, 2.75) is 19.3 Å². The summed E-state index contributed by atoms with van der Waals surface area (Å²) in [7, 11) is 1.62. The van der Waals surface area contributed by atoms with Gasteiger partial charge in [0.2, 0.25) is 5.91 Å². The molecule has 0 aliphatic heterocycles. The number of para-hydroxylation sites is 1. The van der Waals surface area contributed by atoms with Crippen LogP contribution in [0.25, 0.3) is 0 Å². The lowest BCUT2D eigenvalue weighted by Gasteiger charge is -2.03. The largest absolute Gasteiger partial charge is 0.497 e. The van der Waals surface area contributed by atoms with Crippen LogP contribution in [0.15, 0.2) is 53.6 Å². The van der Waals surface area contributed by atoms with E-state index in [2.05, 4.69) is 10.5 Å². The van der Waals surface area contributed by atoms with Gasteiger partial charge in [0.25, 0.3) is 5.69 Å². The molecule has 0 aliphatic carbocycles.